The van der Waals surface area contributed by atoms with Gasteiger partial charge in [0.25, 0.3) is 5.91 Å². The molecule has 1 fully saturated rings. The third-order valence-corrected chi connectivity index (χ3v) is 3.24. The van der Waals surface area contributed by atoms with Crippen LogP contribution in [0.4, 0.5) is 0 Å². The molecule has 5 heteroatoms. The van der Waals surface area contributed by atoms with Gasteiger partial charge in [0.1, 0.15) is 0 Å². The third-order valence-electron chi connectivity index (χ3n) is 3.24. The number of carbonyl (C=O) groups is 1. The van der Waals surface area contributed by atoms with E-state index in [1.807, 2.05) is 6.07 Å². The van der Waals surface area contributed by atoms with E-state index < -0.39 is 0 Å². The minimum Gasteiger partial charge on any atom is -0.394 e. The van der Waals surface area contributed by atoms with Crippen LogP contribution in [0, 0.1) is 0 Å². The molecule has 3 rings (SSSR count). The highest BCUT2D eigenvalue weighted by atomic mass is 16.3. The van der Waals surface area contributed by atoms with Crippen molar-refractivity contribution in [1.29, 1.82) is 0 Å². The summed E-state index contributed by atoms with van der Waals surface area (Å²) < 4.78 is 0. The molecule has 0 spiro atoms. The number of carbonyl (C=O) groups excluding carboxylic acids is 1. The molecule has 17 heavy (non-hydrogen) atoms. The lowest BCUT2D eigenvalue weighted by atomic mass is 10.1. The highest BCUT2D eigenvalue weighted by Gasteiger charge is 2.43. The molecule has 0 unspecified atom stereocenters. The molecule has 1 aromatic heterocycles. The van der Waals surface area contributed by atoms with E-state index in [-0.39, 0.29) is 18.1 Å². The Balaban J connectivity index is 1.85. The van der Waals surface area contributed by atoms with Crippen LogP contribution in [0.1, 0.15) is 23.2 Å². The standard InChI is InChI=1S/C12H13N3O2/c16-7-12(3-4-12)14-11(17)8-1-2-9-6-13-15-10(9)5-8/h1-2,5-6,16H,3-4,7H2,(H,13,15)(H,14,17). The van der Waals surface area contributed by atoms with E-state index >= 15 is 0 Å². The Morgan fingerprint density at radius 2 is 2.35 bits per heavy atom. The van der Waals surface area contributed by atoms with Crippen molar-refractivity contribution >= 4 is 16.8 Å². The normalized spacial score (nSPS) is 17.0. The zero-order valence-electron chi connectivity index (χ0n) is 9.23. The number of fused-ring (bicyclic) bond motifs is 1. The SMILES string of the molecule is O=C(NC1(CO)CC1)c1ccc2cn[nH]c2c1. The highest BCUT2D eigenvalue weighted by Crippen LogP contribution is 2.34. The molecular formula is C12H13N3O2. The van der Waals surface area contributed by atoms with Gasteiger partial charge in [0.05, 0.1) is 23.9 Å². The second-order valence-corrected chi connectivity index (χ2v) is 4.56. The van der Waals surface area contributed by atoms with Crippen LogP contribution in [-0.4, -0.2) is 33.4 Å². The van der Waals surface area contributed by atoms with Crippen LogP contribution in [0.15, 0.2) is 24.4 Å². The van der Waals surface area contributed by atoms with E-state index in [2.05, 4.69) is 15.5 Å². The first-order valence-corrected chi connectivity index (χ1v) is 5.59. The van der Waals surface area contributed by atoms with Crippen LogP contribution >= 0.6 is 0 Å². The van der Waals surface area contributed by atoms with Crippen molar-refractivity contribution in [3.05, 3.63) is 30.0 Å². The van der Waals surface area contributed by atoms with Crippen LogP contribution in [0.3, 0.4) is 0 Å². The summed E-state index contributed by atoms with van der Waals surface area (Å²) in [6, 6.07) is 5.39. The lowest BCUT2D eigenvalue weighted by molar-refractivity contribution is 0.0907. The predicted molar refractivity (Wildman–Crippen MR) is 62.6 cm³/mol. The molecule has 0 aliphatic heterocycles. The van der Waals surface area contributed by atoms with Crippen molar-refractivity contribution in [3.8, 4) is 0 Å². The Morgan fingerprint density at radius 3 is 3.06 bits per heavy atom. The molecule has 0 saturated heterocycles. The second-order valence-electron chi connectivity index (χ2n) is 4.56. The number of rotatable bonds is 3. The second kappa shape index (κ2) is 3.56. The first kappa shape index (κ1) is 10.3. The summed E-state index contributed by atoms with van der Waals surface area (Å²) in [4.78, 5) is 12.0. The van der Waals surface area contributed by atoms with E-state index in [9.17, 15) is 4.79 Å². The fraction of sp³-hybridized carbons (Fsp3) is 0.333. The number of hydrogen-bond acceptors (Lipinski definition) is 3. The van der Waals surface area contributed by atoms with E-state index in [1.165, 1.54) is 0 Å². The number of aliphatic hydroxyl groups is 1. The van der Waals surface area contributed by atoms with Crippen molar-refractivity contribution in [2.75, 3.05) is 6.61 Å². The molecule has 0 bridgehead atoms. The third kappa shape index (κ3) is 1.78. The summed E-state index contributed by atoms with van der Waals surface area (Å²) in [5.74, 6) is -0.145. The molecule has 88 valence electrons. The number of H-pyrrole nitrogens is 1. The predicted octanol–water partition coefficient (Wildman–Crippen LogP) is 0.818. The van der Waals surface area contributed by atoms with Crippen LogP contribution in [-0.2, 0) is 0 Å². The molecule has 0 radical (unpaired) electrons. The first-order valence-electron chi connectivity index (χ1n) is 5.59. The van der Waals surface area contributed by atoms with Crippen LogP contribution in [0.5, 0.6) is 0 Å². The Morgan fingerprint density at radius 1 is 1.53 bits per heavy atom. The Hall–Kier alpha value is -1.88. The van der Waals surface area contributed by atoms with Gasteiger partial charge in [-0.2, -0.15) is 5.10 Å². The summed E-state index contributed by atoms with van der Waals surface area (Å²) in [7, 11) is 0. The highest BCUT2D eigenvalue weighted by molar-refractivity contribution is 5.98. The Labute approximate surface area is 97.8 Å². The average molecular weight is 231 g/mol. The fourth-order valence-electron chi connectivity index (χ4n) is 1.86. The Kier molecular flexibility index (Phi) is 2.16. The van der Waals surface area contributed by atoms with Gasteiger partial charge in [-0.15, -0.1) is 0 Å². The molecule has 1 aliphatic rings. The summed E-state index contributed by atoms with van der Waals surface area (Å²) in [6.45, 7) is 0.00500. The summed E-state index contributed by atoms with van der Waals surface area (Å²) in [5.41, 5.74) is 1.05. The maximum atomic E-state index is 12.0. The fourth-order valence-corrected chi connectivity index (χ4v) is 1.86. The van der Waals surface area contributed by atoms with Gasteiger partial charge in [-0.05, 0) is 25.0 Å². The zero-order chi connectivity index (χ0) is 11.9. The average Bonchev–Trinajstić information content (AvgIpc) is 2.96. The topological polar surface area (TPSA) is 78.0 Å². The van der Waals surface area contributed by atoms with Crippen molar-refractivity contribution in [2.24, 2.45) is 0 Å². The quantitative estimate of drug-likeness (QED) is 0.731. The number of nitrogens with one attached hydrogen (secondary N) is 2. The number of aliphatic hydroxyl groups excluding tert-OH is 1. The van der Waals surface area contributed by atoms with Gasteiger partial charge in [-0.1, -0.05) is 6.07 Å². The summed E-state index contributed by atoms with van der Waals surface area (Å²) in [6.07, 6.45) is 3.41. The molecule has 1 aliphatic carbocycles. The Bertz CT molecular complexity index is 572. The number of aromatic nitrogens is 2. The maximum absolute atomic E-state index is 12.0. The molecule has 1 amide bonds. The van der Waals surface area contributed by atoms with Gasteiger partial charge in [-0.3, -0.25) is 9.89 Å². The molecule has 2 aromatic rings. The van der Waals surface area contributed by atoms with E-state index in [1.54, 1.807) is 18.3 Å². The van der Waals surface area contributed by atoms with Crippen LogP contribution in [0.2, 0.25) is 0 Å². The molecular weight excluding hydrogens is 218 g/mol. The van der Waals surface area contributed by atoms with Gasteiger partial charge in [0.2, 0.25) is 0 Å². The van der Waals surface area contributed by atoms with Gasteiger partial charge in [0, 0.05) is 10.9 Å². The van der Waals surface area contributed by atoms with Crippen LogP contribution in [0.25, 0.3) is 10.9 Å². The van der Waals surface area contributed by atoms with Gasteiger partial charge in [-0.25, -0.2) is 0 Å². The lowest BCUT2D eigenvalue weighted by Gasteiger charge is -2.14. The number of amides is 1. The summed E-state index contributed by atoms with van der Waals surface area (Å²) in [5, 5.41) is 19.7. The first-order chi connectivity index (χ1) is 8.22. The summed E-state index contributed by atoms with van der Waals surface area (Å²) >= 11 is 0. The smallest absolute Gasteiger partial charge is 0.251 e. The van der Waals surface area contributed by atoms with Crippen molar-refractivity contribution in [2.45, 2.75) is 18.4 Å². The van der Waals surface area contributed by atoms with E-state index in [0.29, 0.717) is 5.56 Å². The zero-order valence-corrected chi connectivity index (χ0v) is 9.23. The van der Waals surface area contributed by atoms with Crippen LogP contribution < -0.4 is 5.32 Å². The number of hydrogen-bond donors (Lipinski definition) is 3. The van der Waals surface area contributed by atoms with Crippen molar-refractivity contribution in [1.82, 2.24) is 15.5 Å². The van der Waals surface area contributed by atoms with E-state index in [0.717, 1.165) is 23.7 Å². The van der Waals surface area contributed by atoms with Gasteiger partial charge >= 0.3 is 0 Å². The molecule has 0 atom stereocenters. The van der Waals surface area contributed by atoms with Gasteiger partial charge in [0.15, 0.2) is 0 Å². The van der Waals surface area contributed by atoms with Crippen molar-refractivity contribution < 1.29 is 9.90 Å². The minimum absolute atomic E-state index is 0.00500. The minimum atomic E-state index is -0.375. The molecule has 1 saturated carbocycles. The molecule has 1 aromatic carbocycles. The molecule has 1 heterocycles. The molecule has 3 N–H and O–H groups in total. The lowest BCUT2D eigenvalue weighted by Crippen LogP contribution is -2.39. The molecule has 5 nitrogen and oxygen atoms in total. The largest absolute Gasteiger partial charge is 0.394 e. The monoisotopic (exact) mass is 231 g/mol. The number of aromatic amines is 1. The number of nitrogens with zero attached hydrogens (tertiary/aromatic N) is 1. The maximum Gasteiger partial charge on any atom is 0.251 e. The van der Waals surface area contributed by atoms with E-state index in [4.69, 9.17) is 5.11 Å². The van der Waals surface area contributed by atoms with Crippen molar-refractivity contribution in [3.63, 3.8) is 0 Å². The number of benzene rings is 1. The van der Waals surface area contributed by atoms with Gasteiger partial charge < -0.3 is 10.4 Å².